The van der Waals surface area contributed by atoms with Crippen LogP contribution in [-0.4, -0.2) is 28.5 Å². The fourth-order valence-electron chi connectivity index (χ4n) is 1.31. The van der Waals surface area contributed by atoms with E-state index in [2.05, 4.69) is 14.8 Å². The highest BCUT2D eigenvalue weighted by atomic mass is 32.1. The Bertz CT molecular complexity index is 488. The number of aromatic nitrogens is 2. The molecule has 0 aliphatic rings. The first kappa shape index (κ1) is 11.3. The molecule has 0 aromatic carbocycles. The molecule has 0 saturated carbocycles. The maximum atomic E-state index is 5.86. The molecule has 2 rings (SSSR count). The van der Waals surface area contributed by atoms with Gasteiger partial charge in [-0.2, -0.15) is 4.37 Å². The van der Waals surface area contributed by atoms with Crippen LogP contribution in [0.3, 0.4) is 0 Å². The lowest BCUT2D eigenvalue weighted by molar-refractivity contribution is 0.497. The SMILES string of the molecule is Cc1nc(-c2c(N)nsc2NN(C)C)cs1. The second kappa shape index (κ2) is 4.36. The van der Waals surface area contributed by atoms with Crippen LogP contribution >= 0.6 is 22.9 Å². The first-order chi connectivity index (χ1) is 7.58. The lowest BCUT2D eigenvalue weighted by Gasteiger charge is -2.12. The van der Waals surface area contributed by atoms with E-state index in [0.717, 1.165) is 21.3 Å². The summed E-state index contributed by atoms with van der Waals surface area (Å²) in [6.07, 6.45) is 0. The molecule has 2 heterocycles. The average Bonchev–Trinajstić information content (AvgIpc) is 2.73. The summed E-state index contributed by atoms with van der Waals surface area (Å²) in [7, 11) is 3.85. The normalized spacial score (nSPS) is 11.0. The first-order valence-corrected chi connectivity index (χ1v) is 6.35. The molecule has 0 unspecified atom stereocenters. The highest BCUT2D eigenvalue weighted by molar-refractivity contribution is 7.11. The summed E-state index contributed by atoms with van der Waals surface area (Å²) in [6.45, 7) is 1.98. The van der Waals surface area contributed by atoms with E-state index in [1.54, 1.807) is 11.3 Å². The van der Waals surface area contributed by atoms with E-state index in [1.165, 1.54) is 11.5 Å². The number of nitrogens with one attached hydrogen (secondary N) is 1. The van der Waals surface area contributed by atoms with Crippen LogP contribution in [0.4, 0.5) is 10.8 Å². The Kier molecular flexibility index (Phi) is 3.08. The molecule has 0 atom stereocenters. The highest BCUT2D eigenvalue weighted by Gasteiger charge is 2.16. The monoisotopic (exact) mass is 255 g/mol. The molecule has 3 N–H and O–H groups in total. The maximum absolute atomic E-state index is 5.86. The van der Waals surface area contributed by atoms with Crippen molar-refractivity contribution in [1.29, 1.82) is 0 Å². The van der Waals surface area contributed by atoms with Gasteiger partial charge in [0.15, 0.2) is 0 Å². The molecule has 86 valence electrons. The van der Waals surface area contributed by atoms with E-state index in [9.17, 15) is 0 Å². The molecule has 0 bridgehead atoms. The van der Waals surface area contributed by atoms with E-state index < -0.39 is 0 Å². The van der Waals surface area contributed by atoms with Crippen molar-refractivity contribution in [3.05, 3.63) is 10.4 Å². The van der Waals surface area contributed by atoms with Gasteiger partial charge in [-0.25, -0.2) is 9.99 Å². The number of hydrogen-bond acceptors (Lipinski definition) is 7. The Morgan fingerprint density at radius 1 is 1.44 bits per heavy atom. The quantitative estimate of drug-likeness (QED) is 0.822. The molecule has 5 nitrogen and oxygen atoms in total. The minimum absolute atomic E-state index is 0.527. The molecule has 7 heteroatoms. The zero-order valence-corrected chi connectivity index (χ0v) is 10.9. The molecule has 0 saturated heterocycles. The average molecular weight is 255 g/mol. The Morgan fingerprint density at radius 3 is 2.75 bits per heavy atom. The summed E-state index contributed by atoms with van der Waals surface area (Å²) in [6, 6.07) is 0. The Morgan fingerprint density at radius 2 is 2.19 bits per heavy atom. The lowest BCUT2D eigenvalue weighted by Crippen LogP contribution is -2.19. The minimum Gasteiger partial charge on any atom is -0.382 e. The van der Waals surface area contributed by atoms with Crippen molar-refractivity contribution in [2.75, 3.05) is 25.3 Å². The minimum atomic E-state index is 0.527. The summed E-state index contributed by atoms with van der Waals surface area (Å²) in [5, 5.41) is 5.80. The second-order valence-corrected chi connectivity index (χ2v) is 5.37. The molecule has 16 heavy (non-hydrogen) atoms. The molecule has 0 fully saturated rings. The van der Waals surface area contributed by atoms with Crippen molar-refractivity contribution < 1.29 is 0 Å². The Labute approximate surface area is 102 Å². The summed E-state index contributed by atoms with van der Waals surface area (Å²) in [5.41, 5.74) is 10.8. The van der Waals surface area contributed by atoms with Gasteiger partial charge >= 0.3 is 0 Å². The smallest absolute Gasteiger partial charge is 0.148 e. The number of nitrogen functional groups attached to an aromatic ring is 1. The summed E-state index contributed by atoms with van der Waals surface area (Å²) in [5.74, 6) is 0.527. The number of anilines is 2. The van der Waals surface area contributed by atoms with Crippen LogP contribution in [-0.2, 0) is 0 Å². The number of hydrogen-bond donors (Lipinski definition) is 2. The zero-order valence-electron chi connectivity index (χ0n) is 9.31. The molecule has 0 spiro atoms. The molecular formula is C9H13N5S2. The predicted molar refractivity (Wildman–Crippen MR) is 69.7 cm³/mol. The van der Waals surface area contributed by atoms with Crippen LogP contribution in [0, 0.1) is 6.92 Å². The number of hydrazine groups is 1. The highest BCUT2D eigenvalue weighted by Crippen LogP contribution is 2.36. The zero-order chi connectivity index (χ0) is 11.7. The molecule has 0 aliphatic heterocycles. The van der Waals surface area contributed by atoms with Gasteiger partial charge in [-0.3, -0.25) is 0 Å². The van der Waals surface area contributed by atoms with Crippen molar-refractivity contribution in [2.45, 2.75) is 6.92 Å². The van der Waals surface area contributed by atoms with Crippen molar-refractivity contribution >= 4 is 33.7 Å². The Hall–Kier alpha value is -1.18. The van der Waals surface area contributed by atoms with Gasteiger partial charge in [-0.1, -0.05) is 0 Å². The van der Waals surface area contributed by atoms with E-state index >= 15 is 0 Å². The summed E-state index contributed by atoms with van der Waals surface area (Å²) < 4.78 is 4.15. The van der Waals surface area contributed by atoms with Gasteiger partial charge < -0.3 is 11.2 Å². The van der Waals surface area contributed by atoms with Crippen LogP contribution in [0.2, 0.25) is 0 Å². The number of nitrogens with zero attached hydrogens (tertiary/aromatic N) is 3. The number of aryl methyl sites for hydroxylation is 1. The van der Waals surface area contributed by atoms with Gasteiger partial charge in [0.05, 0.1) is 16.3 Å². The van der Waals surface area contributed by atoms with Gasteiger partial charge in [0, 0.05) is 19.5 Å². The van der Waals surface area contributed by atoms with Crippen LogP contribution in [0.25, 0.3) is 11.3 Å². The maximum Gasteiger partial charge on any atom is 0.148 e. The van der Waals surface area contributed by atoms with Gasteiger partial charge in [0.1, 0.15) is 10.8 Å². The largest absolute Gasteiger partial charge is 0.382 e. The van der Waals surface area contributed by atoms with Crippen LogP contribution in [0.15, 0.2) is 5.38 Å². The molecular weight excluding hydrogens is 242 g/mol. The number of nitrogens with two attached hydrogens (primary N) is 1. The van der Waals surface area contributed by atoms with E-state index in [4.69, 9.17) is 5.73 Å². The Balaban J connectivity index is 2.42. The summed E-state index contributed by atoms with van der Waals surface area (Å²) in [4.78, 5) is 4.43. The fraction of sp³-hybridized carbons (Fsp3) is 0.333. The van der Waals surface area contributed by atoms with Crippen LogP contribution in [0.1, 0.15) is 5.01 Å². The third kappa shape index (κ3) is 2.16. The molecule has 2 aromatic heterocycles. The molecule has 0 radical (unpaired) electrons. The fourth-order valence-corrected chi connectivity index (χ4v) is 2.72. The third-order valence-electron chi connectivity index (χ3n) is 1.92. The standard InChI is InChI=1S/C9H13N5S2/c1-5-11-6(4-15-5)7-8(10)13-16-9(7)12-14(2)3/h4,12H,1-3H3,(H2,10,13). The van der Waals surface area contributed by atoms with E-state index in [1.807, 2.05) is 31.4 Å². The molecule has 0 aliphatic carbocycles. The van der Waals surface area contributed by atoms with E-state index in [0.29, 0.717) is 5.82 Å². The summed E-state index contributed by atoms with van der Waals surface area (Å²) >= 11 is 2.95. The van der Waals surface area contributed by atoms with Crippen LogP contribution in [0.5, 0.6) is 0 Å². The van der Waals surface area contributed by atoms with Gasteiger partial charge in [-0.05, 0) is 18.5 Å². The van der Waals surface area contributed by atoms with E-state index in [-0.39, 0.29) is 0 Å². The second-order valence-electron chi connectivity index (χ2n) is 3.53. The molecule has 0 amide bonds. The van der Waals surface area contributed by atoms with Crippen LogP contribution < -0.4 is 11.2 Å². The van der Waals surface area contributed by atoms with Crippen molar-refractivity contribution in [1.82, 2.24) is 14.4 Å². The third-order valence-corrected chi connectivity index (χ3v) is 3.46. The number of thiazole rings is 1. The van der Waals surface area contributed by atoms with Crippen molar-refractivity contribution in [3.63, 3.8) is 0 Å². The number of rotatable bonds is 3. The topological polar surface area (TPSA) is 67.1 Å². The first-order valence-electron chi connectivity index (χ1n) is 4.69. The van der Waals surface area contributed by atoms with Crippen molar-refractivity contribution in [2.24, 2.45) is 0 Å². The lowest BCUT2D eigenvalue weighted by atomic mass is 10.2. The predicted octanol–water partition coefficient (Wildman–Crippen LogP) is 2.05. The molecule has 2 aromatic rings. The van der Waals surface area contributed by atoms with Gasteiger partial charge in [0.2, 0.25) is 0 Å². The van der Waals surface area contributed by atoms with Gasteiger partial charge in [0.25, 0.3) is 0 Å². The van der Waals surface area contributed by atoms with Crippen molar-refractivity contribution in [3.8, 4) is 11.3 Å². The van der Waals surface area contributed by atoms with Gasteiger partial charge in [-0.15, -0.1) is 11.3 Å².